The maximum atomic E-state index is 13.9. The first-order valence-electron chi connectivity index (χ1n) is 15.0. The zero-order chi connectivity index (χ0) is 31.9. The van der Waals surface area contributed by atoms with Crippen molar-refractivity contribution in [3.05, 3.63) is 94.5 Å². The van der Waals surface area contributed by atoms with Gasteiger partial charge in [-0.15, -0.1) is 0 Å². The van der Waals surface area contributed by atoms with Gasteiger partial charge >= 0.3 is 12.0 Å². The van der Waals surface area contributed by atoms with Crippen LogP contribution in [0.25, 0.3) is 0 Å². The fourth-order valence-electron chi connectivity index (χ4n) is 5.48. The minimum absolute atomic E-state index is 0.127. The van der Waals surface area contributed by atoms with Crippen LogP contribution >= 0.6 is 11.6 Å². The number of nitrogens with zero attached hydrogens (tertiary/aromatic N) is 2. The lowest BCUT2D eigenvalue weighted by Gasteiger charge is -2.48. The molecule has 234 valence electrons. The van der Waals surface area contributed by atoms with Crippen molar-refractivity contribution >= 4 is 35.2 Å². The number of hydrogen-bond donors (Lipinski definition) is 3. The summed E-state index contributed by atoms with van der Waals surface area (Å²) in [6.07, 6.45) is 0.0241. The van der Waals surface area contributed by atoms with E-state index in [1.54, 1.807) is 62.4 Å². The molecule has 0 radical (unpaired) electrons. The highest BCUT2D eigenvalue weighted by molar-refractivity contribution is 6.30. The fraction of sp³-hybridized carbons (Fsp3) is 0.382. The van der Waals surface area contributed by atoms with Crippen LogP contribution in [-0.2, 0) is 22.5 Å². The molecule has 0 spiro atoms. The molecule has 0 unspecified atom stereocenters. The van der Waals surface area contributed by atoms with Crippen LogP contribution in [0.3, 0.4) is 0 Å². The number of benzene rings is 3. The number of phenolic OH excluding ortho intramolecular Hbond substituents is 1. The molecule has 1 aliphatic heterocycles. The van der Waals surface area contributed by atoms with Gasteiger partial charge in [0.25, 0.3) is 0 Å². The smallest absolute Gasteiger partial charge is 0.338 e. The van der Waals surface area contributed by atoms with E-state index in [1.807, 2.05) is 17.0 Å². The molecule has 10 heteroatoms. The van der Waals surface area contributed by atoms with Gasteiger partial charge in [-0.1, -0.05) is 35.9 Å². The number of halogens is 1. The van der Waals surface area contributed by atoms with Crippen LogP contribution < -0.4 is 10.6 Å². The molecule has 44 heavy (non-hydrogen) atoms. The minimum Gasteiger partial charge on any atom is -0.508 e. The quantitative estimate of drug-likeness (QED) is 0.201. The van der Waals surface area contributed by atoms with Crippen molar-refractivity contribution in [2.24, 2.45) is 0 Å². The van der Waals surface area contributed by atoms with E-state index in [9.17, 15) is 19.5 Å². The van der Waals surface area contributed by atoms with E-state index >= 15 is 0 Å². The molecule has 3 aromatic rings. The molecule has 1 heterocycles. The lowest BCUT2D eigenvalue weighted by atomic mass is 10.0. The largest absolute Gasteiger partial charge is 0.508 e. The van der Waals surface area contributed by atoms with E-state index in [0.717, 1.165) is 29.7 Å². The zero-order valence-electron chi connectivity index (χ0n) is 25.8. The number of phenols is 1. The van der Waals surface area contributed by atoms with Gasteiger partial charge in [-0.2, -0.15) is 0 Å². The molecular formula is C34H42ClN4O5+. The Kier molecular flexibility index (Phi) is 10.9. The monoisotopic (exact) mass is 621 g/mol. The second-order valence-corrected chi connectivity index (χ2v) is 12.4. The number of rotatable bonds is 10. The van der Waals surface area contributed by atoms with Crippen molar-refractivity contribution in [1.29, 1.82) is 0 Å². The minimum atomic E-state index is -0.824. The Morgan fingerprint density at radius 2 is 1.48 bits per heavy atom. The summed E-state index contributed by atoms with van der Waals surface area (Å²) in [5.74, 6) is -0.471. The van der Waals surface area contributed by atoms with Crippen LogP contribution in [0.1, 0.15) is 49.2 Å². The second-order valence-electron chi connectivity index (χ2n) is 11.9. The SMILES string of the molecule is CC(C)OC(=O)c1ccc(NC(=O)N[C@@H](Cc2ccc(O)cc2)C(=O)N2CC[N+](Cc3ccc(Cl)cc3)(C(C)C)CC2)cc1. The van der Waals surface area contributed by atoms with Gasteiger partial charge in [0.2, 0.25) is 5.91 Å². The Labute approximate surface area is 264 Å². The van der Waals surface area contributed by atoms with Crippen LogP contribution in [0.4, 0.5) is 10.5 Å². The van der Waals surface area contributed by atoms with Crippen molar-refractivity contribution < 1.29 is 28.7 Å². The summed E-state index contributed by atoms with van der Waals surface area (Å²) in [4.78, 5) is 41.0. The molecule has 0 bridgehead atoms. The predicted molar refractivity (Wildman–Crippen MR) is 172 cm³/mol. The first-order valence-corrected chi connectivity index (χ1v) is 15.4. The van der Waals surface area contributed by atoms with Crippen molar-refractivity contribution in [2.75, 3.05) is 31.5 Å². The summed E-state index contributed by atoms with van der Waals surface area (Å²) in [5.41, 5.74) is 2.86. The van der Waals surface area contributed by atoms with Crippen molar-refractivity contribution in [2.45, 2.75) is 58.8 Å². The van der Waals surface area contributed by atoms with Crippen LogP contribution in [0.15, 0.2) is 72.8 Å². The van der Waals surface area contributed by atoms with E-state index in [2.05, 4.69) is 36.6 Å². The first-order chi connectivity index (χ1) is 20.9. The number of ether oxygens (including phenoxy) is 1. The van der Waals surface area contributed by atoms with Crippen molar-refractivity contribution in [1.82, 2.24) is 10.2 Å². The highest BCUT2D eigenvalue weighted by Crippen LogP contribution is 2.25. The van der Waals surface area contributed by atoms with Gasteiger partial charge in [0.15, 0.2) is 0 Å². The Morgan fingerprint density at radius 3 is 2.05 bits per heavy atom. The number of aromatic hydroxyl groups is 1. The highest BCUT2D eigenvalue weighted by atomic mass is 35.5. The van der Waals surface area contributed by atoms with Gasteiger partial charge in [-0.25, -0.2) is 9.59 Å². The van der Waals surface area contributed by atoms with Gasteiger partial charge in [0, 0.05) is 22.7 Å². The Bertz CT molecular complexity index is 1420. The molecule has 1 fully saturated rings. The van der Waals surface area contributed by atoms with Gasteiger partial charge in [-0.05, 0) is 81.8 Å². The maximum Gasteiger partial charge on any atom is 0.338 e. The van der Waals surface area contributed by atoms with Gasteiger partial charge < -0.3 is 29.9 Å². The summed E-state index contributed by atoms with van der Waals surface area (Å²) in [6, 6.07) is 19.9. The standard InChI is InChI=1S/C34H41ClN4O5/c1-23(2)39(22-26-5-11-28(35)12-6-26)19-17-38(18-20-39)32(41)31(21-25-7-15-30(40)16-8-25)37-34(43)36-29-13-9-27(10-14-29)33(42)44-24(3)4/h5-16,23-24,31H,17-22H2,1-4H3,(H2-,36,37,40,42,43)/p+1/t31-/m0/s1. The summed E-state index contributed by atoms with van der Waals surface area (Å²) >= 11 is 6.10. The molecule has 1 aliphatic rings. The Balaban J connectivity index is 1.44. The van der Waals surface area contributed by atoms with Crippen LogP contribution in [0.2, 0.25) is 5.02 Å². The number of piperazine rings is 1. The number of quaternary nitrogens is 1. The molecular weight excluding hydrogens is 580 g/mol. The molecule has 4 rings (SSSR count). The average Bonchev–Trinajstić information content (AvgIpc) is 2.99. The van der Waals surface area contributed by atoms with Crippen molar-refractivity contribution in [3.8, 4) is 5.75 Å². The first kappa shape index (κ1) is 32.8. The molecule has 3 aromatic carbocycles. The fourth-order valence-corrected chi connectivity index (χ4v) is 5.61. The van der Waals surface area contributed by atoms with Gasteiger partial charge in [0.1, 0.15) is 18.3 Å². The summed E-state index contributed by atoms with van der Waals surface area (Å²) in [7, 11) is 0. The Morgan fingerprint density at radius 1 is 0.886 bits per heavy atom. The molecule has 3 amide bonds. The van der Waals surface area contributed by atoms with E-state index in [1.165, 1.54) is 5.56 Å². The topological polar surface area (TPSA) is 108 Å². The summed E-state index contributed by atoms with van der Waals surface area (Å²) < 4.78 is 6.06. The lowest BCUT2D eigenvalue weighted by Crippen LogP contribution is -2.64. The number of carbonyl (C=O) groups excluding carboxylic acids is 3. The number of urea groups is 1. The zero-order valence-corrected chi connectivity index (χ0v) is 26.5. The molecule has 9 nitrogen and oxygen atoms in total. The van der Waals surface area contributed by atoms with Crippen molar-refractivity contribution in [3.63, 3.8) is 0 Å². The molecule has 0 saturated carbocycles. The molecule has 0 aliphatic carbocycles. The van der Waals surface area contributed by atoms with E-state index in [0.29, 0.717) is 35.4 Å². The number of hydrogen-bond acceptors (Lipinski definition) is 5. The maximum absolute atomic E-state index is 13.9. The number of nitrogens with one attached hydrogen (secondary N) is 2. The van der Waals surface area contributed by atoms with Crippen LogP contribution in [0.5, 0.6) is 5.75 Å². The lowest BCUT2D eigenvalue weighted by molar-refractivity contribution is -0.963. The third-order valence-electron chi connectivity index (χ3n) is 8.15. The highest BCUT2D eigenvalue weighted by Gasteiger charge is 2.39. The molecule has 1 atom stereocenters. The second kappa shape index (κ2) is 14.6. The number of esters is 1. The van der Waals surface area contributed by atoms with E-state index < -0.39 is 18.0 Å². The summed E-state index contributed by atoms with van der Waals surface area (Å²) in [6.45, 7) is 11.5. The number of carbonyl (C=O) groups is 3. The third-order valence-corrected chi connectivity index (χ3v) is 8.40. The normalized spacial score (nSPS) is 15.1. The molecule has 0 aromatic heterocycles. The number of anilines is 1. The van der Waals surface area contributed by atoms with Gasteiger partial charge in [-0.3, -0.25) is 4.79 Å². The van der Waals surface area contributed by atoms with Crippen LogP contribution in [-0.4, -0.2) is 76.8 Å². The van der Waals surface area contributed by atoms with Crippen LogP contribution in [0, 0.1) is 0 Å². The molecule has 1 saturated heterocycles. The number of amides is 3. The predicted octanol–water partition coefficient (Wildman–Crippen LogP) is 5.61. The van der Waals surface area contributed by atoms with E-state index in [-0.39, 0.29) is 24.2 Å². The average molecular weight is 622 g/mol. The molecule has 3 N–H and O–H groups in total. The van der Waals surface area contributed by atoms with Gasteiger partial charge in [0.05, 0.1) is 43.9 Å². The van der Waals surface area contributed by atoms with E-state index in [4.69, 9.17) is 16.3 Å². The summed E-state index contributed by atoms with van der Waals surface area (Å²) in [5, 5.41) is 16.1. The Hall–Kier alpha value is -4.08. The third kappa shape index (κ3) is 8.74.